The van der Waals surface area contributed by atoms with E-state index in [-0.39, 0.29) is 32.9 Å². The van der Waals surface area contributed by atoms with E-state index in [1.54, 1.807) is 4.90 Å². The second-order valence-electron chi connectivity index (χ2n) is 5.45. The number of hydrogen-bond donors (Lipinski definition) is 2. The van der Waals surface area contributed by atoms with Gasteiger partial charge in [-0.2, -0.15) is 0 Å². The van der Waals surface area contributed by atoms with Gasteiger partial charge in [-0.3, -0.25) is 14.9 Å². The maximum atomic E-state index is 12.4. The molecule has 0 fully saturated rings. The second kappa shape index (κ2) is 8.25. The molecule has 0 aromatic heterocycles. The third-order valence-electron chi connectivity index (χ3n) is 3.85. The first-order valence-electron chi connectivity index (χ1n) is 7.87. The second-order valence-corrected chi connectivity index (χ2v) is 6.26. The number of amides is 1. The Hall–Kier alpha value is -2.51. The lowest BCUT2D eigenvalue weighted by Gasteiger charge is -2.19. The highest BCUT2D eigenvalue weighted by atomic mass is 35.5. The van der Waals surface area contributed by atoms with Gasteiger partial charge in [0.25, 0.3) is 11.6 Å². The van der Waals surface area contributed by atoms with Crippen LogP contribution in [0.3, 0.4) is 0 Å². The number of nitro benzene ring substituents is 1. The van der Waals surface area contributed by atoms with E-state index in [2.05, 4.69) is 5.32 Å². The molecule has 7 nitrogen and oxygen atoms in total. The van der Waals surface area contributed by atoms with Crippen molar-refractivity contribution in [1.29, 1.82) is 0 Å². The highest BCUT2D eigenvalue weighted by Gasteiger charge is 2.21. The summed E-state index contributed by atoms with van der Waals surface area (Å²) >= 11 is 12.1. The minimum Gasteiger partial charge on any atom is -0.397 e. The molecule has 3 N–H and O–H groups in total. The van der Waals surface area contributed by atoms with Crippen LogP contribution in [0.4, 0.5) is 22.7 Å². The number of nitrogens with two attached hydrogens (primary N) is 1. The van der Waals surface area contributed by atoms with Crippen LogP contribution < -0.4 is 11.1 Å². The number of rotatable bonds is 6. The van der Waals surface area contributed by atoms with Gasteiger partial charge in [0.2, 0.25) is 0 Å². The van der Waals surface area contributed by atoms with Gasteiger partial charge >= 0.3 is 0 Å². The fourth-order valence-corrected chi connectivity index (χ4v) is 2.80. The molecule has 2 aromatic rings. The van der Waals surface area contributed by atoms with E-state index in [4.69, 9.17) is 28.9 Å². The number of halogens is 2. The monoisotopic (exact) mass is 396 g/mol. The normalized spacial score (nSPS) is 10.5. The van der Waals surface area contributed by atoms with E-state index in [1.807, 2.05) is 13.8 Å². The average molecular weight is 397 g/mol. The smallest absolute Gasteiger partial charge is 0.293 e. The van der Waals surface area contributed by atoms with Crippen LogP contribution in [0.2, 0.25) is 10.0 Å². The van der Waals surface area contributed by atoms with E-state index < -0.39 is 4.92 Å². The van der Waals surface area contributed by atoms with E-state index in [0.29, 0.717) is 24.5 Å². The molecule has 9 heteroatoms. The van der Waals surface area contributed by atoms with Crippen LogP contribution in [-0.4, -0.2) is 28.8 Å². The molecule has 2 rings (SSSR count). The van der Waals surface area contributed by atoms with Crippen molar-refractivity contribution in [3.63, 3.8) is 0 Å². The van der Waals surface area contributed by atoms with Gasteiger partial charge in [-0.1, -0.05) is 23.2 Å². The fourth-order valence-electron chi connectivity index (χ4n) is 2.42. The predicted octanol–water partition coefficient (Wildman–Crippen LogP) is 4.71. The predicted molar refractivity (Wildman–Crippen MR) is 105 cm³/mol. The number of nitrogens with zero attached hydrogens (tertiary/aromatic N) is 2. The van der Waals surface area contributed by atoms with Gasteiger partial charge in [-0.25, -0.2) is 0 Å². The number of nitrogen functional groups attached to an aromatic ring is 1. The maximum Gasteiger partial charge on any atom is 0.293 e. The molecule has 0 aliphatic rings. The zero-order valence-corrected chi connectivity index (χ0v) is 15.8. The molecule has 26 heavy (non-hydrogen) atoms. The molecular formula is C17H18Cl2N4O3. The standard InChI is InChI=1S/C17H18Cl2N4O3/c1-3-22(4-2)17(24)10-5-6-14(16(7-10)23(25)26)21-15-9-11(18)13(20)8-12(15)19/h5-9,21H,3-4,20H2,1-2H3. The number of anilines is 3. The van der Waals surface area contributed by atoms with Crippen molar-refractivity contribution in [3.8, 4) is 0 Å². The lowest BCUT2D eigenvalue weighted by Crippen LogP contribution is -2.30. The molecule has 138 valence electrons. The van der Waals surface area contributed by atoms with Gasteiger partial charge in [-0.15, -0.1) is 0 Å². The molecule has 0 aliphatic heterocycles. The molecule has 0 atom stereocenters. The lowest BCUT2D eigenvalue weighted by molar-refractivity contribution is -0.383. The van der Waals surface area contributed by atoms with Crippen LogP contribution in [0.15, 0.2) is 30.3 Å². The molecule has 0 aliphatic carbocycles. The SMILES string of the molecule is CCN(CC)C(=O)c1ccc(Nc2cc(Cl)c(N)cc2Cl)c([N+](=O)[O-])c1. The summed E-state index contributed by atoms with van der Waals surface area (Å²) in [7, 11) is 0. The first-order valence-corrected chi connectivity index (χ1v) is 8.63. The van der Waals surface area contributed by atoms with Crippen LogP contribution in [0.25, 0.3) is 0 Å². The summed E-state index contributed by atoms with van der Waals surface area (Å²) in [6, 6.07) is 7.18. The van der Waals surface area contributed by atoms with Crippen molar-refractivity contribution in [2.45, 2.75) is 13.8 Å². The van der Waals surface area contributed by atoms with Crippen molar-refractivity contribution in [2.75, 3.05) is 24.1 Å². The van der Waals surface area contributed by atoms with Crippen molar-refractivity contribution in [1.82, 2.24) is 4.90 Å². The Labute approximate surface area is 160 Å². The molecule has 0 saturated carbocycles. The molecule has 2 aromatic carbocycles. The fraction of sp³-hybridized carbons (Fsp3) is 0.235. The summed E-state index contributed by atoms with van der Waals surface area (Å²) in [6.45, 7) is 4.72. The lowest BCUT2D eigenvalue weighted by atomic mass is 10.1. The first kappa shape index (κ1) is 19.8. The minimum atomic E-state index is -0.561. The molecule has 0 unspecified atom stereocenters. The number of benzene rings is 2. The van der Waals surface area contributed by atoms with Crippen molar-refractivity contribution in [3.05, 3.63) is 56.1 Å². The Morgan fingerprint density at radius 1 is 1.15 bits per heavy atom. The topological polar surface area (TPSA) is 102 Å². The van der Waals surface area contributed by atoms with Crippen LogP contribution in [0, 0.1) is 10.1 Å². The van der Waals surface area contributed by atoms with Crippen LogP contribution in [0.5, 0.6) is 0 Å². The van der Waals surface area contributed by atoms with E-state index in [9.17, 15) is 14.9 Å². The quantitative estimate of drug-likeness (QED) is 0.418. The molecule has 0 spiro atoms. The Kier molecular flexibility index (Phi) is 6.28. The summed E-state index contributed by atoms with van der Waals surface area (Å²) in [4.78, 5) is 24.9. The highest BCUT2D eigenvalue weighted by Crippen LogP contribution is 2.35. The van der Waals surface area contributed by atoms with Crippen molar-refractivity contribution < 1.29 is 9.72 Å². The average Bonchev–Trinajstić information content (AvgIpc) is 2.60. The Morgan fingerprint density at radius 2 is 1.81 bits per heavy atom. The summed E-state index contributed by atoms with van der Waals surface area (Å²) < 4.78 is 0. The van der Waals surface area contributed by atoms with E-state index in [0.717, 1.165) is 0 Å². The molecular weight excluding hydrogens is 379 g/mol. The largest absolute Gasteiger partial charge is 0.397 e. The van der Waals surface area contributed by atoms with Crippen LogP contribution >= 0.6 is 23.2 Å². The van der Waals surface area contributed by atoms with Gasteiger partial charge < -0.3 is 16.0 Å². The highest BCUT2D eigenvalue weighted by molar-refractivity contribution is 6.37. The molecule has 0 radical (unpaired) electrons. The first-order chi connectivity index (χ1) is 12.3. The minimum absolute atomic E-state index is 0.189. The van der Waals surface area contributed by atoms with E-state index >= 15 is 0 Å². The number of nitrogens with one attached hydrogen (secondary N) is 1. The van der Waals surface area contributed by atoms with Crippen molar-refractivity contribution in [2.24, 2.45) is 0 Å². The number of carbonyl (C=O) groups excluding carboxylic acids is 1. The Balaban J connectivity index is 2.43. The van der Waals surface area contributed by atoms with Crippen LogP contribution in [-0.2, 0) is 0 Å². The summed E-state index contributed by atoms with van der Waals surface area (Å²) in [5.41, 5.74) is 6.54. The zero-order chi connectivity index (χ0) is 19.4. The molecule has 0 heterocycles. The summed E-state index contributed by atoms with van der Waals surface area (Å²) in [6.07, 6.45) is 0. The van der Waals surface area contributed by atoms with Gasteiger partial charge in [0.15, 0.2) is 0 Å². The van der Waals surface area contributed by atoms with Gasteiger partial charge in [0.1, 0.15) is 5.69 Å². The van der Waals surface area contributed by atoms with Gasteiger partial charge in [-0.05, 0) is 38.1 Å². The number of hydrogen-bond acceptors (Lipinski definition) is 5. The summed E-state index contributed by atoms with van der Waals surface area (Å²) in [5.74, 6) is -0.266. The van der Waals surface area contributed by atoms with E-state index in [1.165, 1.54) is 30.3 Å². The van der Waals surface area contributed by atoms with Gasteiger partial charge in [0, 0.05) is 24.7 Å². The maximum absolute atomic E-state index is 12.4. The Bertz CT molecular complexity index is 854. The molecule has 0 saturated heterocycles. The molecule has 1 amide bonds. The zero-order valence-electron chi connectivity index (χ0n) is 14.3. The number of carbonyl (C=O) groups is 1. The van der Waals surface area contributed by atoms with Crippen molar-refractivity contribution >= 4 is 51.9 Å². The van der Waals surface area contributed by atoms with Gasteiger partial charge in [0.05, 0.1) is 26.3 Å². The molecule has 0 bridgehead atoms. The third-order valence-corrected chi connectivity index (χ3v) is 4.49. The number of nitro groups is 1. The summed E-state index contributed by atoms with van der Waals surface area (Å²) in [5, 5.41) is 14.9. The van der Waals surface area contributed by atoms with Crippen LogP contribution in [0.1, 0.15) is 24.2 Å². The Morgan fingerprint density at radius 3 is 2.38 bits per heavy atom. The third kappa shape index (κ3) is 4.17.